The fraction of sp³-hybridized carbons (Fsp3) is 0.296. The van der Waals surface area contributed by atoms with Gasteiger partial charge in [-0.05, 0) is 0 Å². The van der Waals surface area contributed by atoms with Crippen LogP contribution in [-0.2, 0) is 9.22 Å². The molecule has 0 heterocycles. The van der Waals surface area contributed by atoms with Crippen molar-refractivity contribution < 1.29 is 14.3 Å². The molecule has 0 amide bonds. The van der Waals surface area contributed by atoms with Crippen molar-refractivity contribution in [3.05, 3.63) is 91.0 Å². The van der Waals surface area contributed by atoms with Gasteiger partial charge in [0.15, 0.2) is 0 Å². The molecule has 3 rings (SSSR count). The zero-order valence-corrected chi connectivity index (χ0v) is 21.7. The zero-order valence-electron chi connectivity index (χ0n) is 19.0. The second-order valence-electron chi connectivity index (χ2n) is 8.97. The van der Waals surface area contributed by atoms with Crippen LogP contribution < -0.4 is 14.8 Å². The van der Waals surface area contributed by atoms with E-state index in [1.54, 1.807) is 0 Å². The zero-order chi connectivity index (χ0) is 23.0. The van der Waals surface area contributed by atoms with Crippen molar-refractivity contribution in [2.75, 3.05) is 6.61 Å². The summed E-state index contributed by atoms with van der Waals surface area (Å²) < 4.78 is 7.97. The molecule has 1 N–H and O–H groups in total. The Kier molecular flexibility index (Phi) is 8.63. The van der Waals surface area contributed by atoms with Crippen LogP contribution in [0.5, 0.6) is 0 Å². The van der Waals surface area contributed by atoms with Crippen molar-refractivity contribution in [3.63, 3.8) is 0 Å². The first kappa shape index (κ1) is 24.6. The van der Waals surface area contributed by atoms with Gasteiger partial charge in [0.1, 0.15) is 0 Å². The summed E-state index contributed by atoms with van der Waals surface area (Å²) in [6.45, 7) is 6.87. The molecule has 3 nitrogen and oxygen atoms in total. The summed E-state index contributed by atoms with van der Waals surface area (Å²) in [6.07, 6.45) is 0.702. The summed E-state index contributed by atoms with van der Waals surface area (Å²) >= 11 is -0.0125. The third-order valence-electron chi connectivity index (χ3n) is 5.60. The van der Waals surface area contributed by atoms with Crippen LogP contribution in [0.1, 0.15) is 27.2 Å². The SMILES string of the molecule is CC(C)(C)[Si](OC[C@@H](O)C[C@H](C=O)[Se]c1ccccc1)(c1ccccc1)c1ccccc1. The molecule has 0 bridgehead atoms. The molecule has 0 unspecified atom stereocenters. The summed E-state index contributed by atoms with van der Waals surface area (Å²) in [5.74, 6) is 0. The second-order valence-corrected chi connectivity index (χ2v) is 16.0. The monoisotopic (exact) mass is 512 g/mol. The number of carbonyl (C=O) groups is 1. The summed E-state index contributed by atoms with van der Waals surface area (Å²) in [5, 5.41) is 13.1. The molecule has 0 aliphatic heterocycles. The Morgan fingerprint density at radius 1 is 0.875 bits per heavy atom. The van der Waals surface area contributed by atoms with Crippen LogP contribution in [-0.4, -0.2) is 47.4 Å². The average molecular weight is 512 g/mol. The maximum absolute atomic E-state index is 11.7. The number of benzene rings is 3. The van der Waals surface area contributed by atoms with E-state index < -0.39 is 14.4 Å². The van der Waals surface area contributed by atoms with E-state index in [2.05, 4.69) is 69.3 Å². The van der Waals surface area contributed by atoms with Crippen molar-refractivity contribution in [2.45, 2.75) is 43.2 Å². The molecule has 0 saturated heterocycles. The number of aliphatic hydroxyl groups excluding tert-OH is 1. The molecule has 0 aliphatic carbocycles. The van der Waals surface area contributed by atoms with Crippen LogP contribution in [0.25, 0.3) is 0 Å². The van der Waals surface area contributed by atoms with Crippen LogP contribution in [0.4, 0.5) is 0 Å². The number of rotatable bonds is 10. The second kappa shape index (κ2) is 11.2. The van der Waals surface area contributed by atoms with Gasteiger partial charge in [-0.3, -0.25) is 0 Å². The first-order chi connectivity index (χ1) is 15.4. The number of hydrogen-bond acceptors (Lipinski definition) is 3. The van der Waals surface area contributed by atoms with Gasteiger partial charge in [-0.1, -0.05) is 0 Å². The van der Waals surface area contributed by atoms with E-state index in [0.29, 0.717) is 6.42 Å². The fourth-order valence-electron chi connectivity index (χ4n) is 4.12. The van der Waals surface area contributed by atoms with Gasteiger partial charge in [-0.2, -0.15) is 0 Å². The molecule has 3 aromatic carbocycles. The number of carbonyl (C=O) groups excluding carboxylic acids is 1. The van der Waals surface area contributed by atoms with Crippen molar-refractivity contribution in [2.24, 2.45) is 0 Å². The Labute approximate surface area is 199 Å². The Morgan fingerprint density at radius 2 is 1.34 bits per heavy atom. The Morgan fingerprint density at radius 3 is 1.78 bits per heavy atom. The van der Waals surface area contributed by atoms with Crippen molar-refractivity contribution >= 4 is 44.4 Å². The van der Waals surface area contributed by atoms with Crippen LogP contribution in [0, 0.1) is 0 Å². The predicted molar refractivity (Wildman–Crippen MR) is 136 cm³/mol. The van der Waals surface area contributed by atoms with Crippen molar-refractivity contribution in [1.82, 2.24) is 0 Å². The molecule has 32 heavy (non-hydrogen) atoms. The van der Waals surface area contributed by atoms with Gasteiger partial charge in [-0.25, -0.2) is 0 Å². The summed E-state index contributed by atoms with van der Waals surface area (Å²) in [5.41, 5.74) is 0. The molecule has 0 aromatic heterocycles. The van der Waals surface area contributed by atoms with Gasteiger partial charge in [0, 0.05) is 0 Å². The maximum atomic E-state index is 11.7. The summed E-state index contributed by atoms with van der Waals surface area (Å²) in [4.78, 5) is 11.5. The molecule has 0 aliphatic rings. The van der Waals surface area contributed by atoms with Gasteiger partial charge in [0.05, 0.1) is 0 Å². The molecule has 5 heteroatoms. The van der Waals surface area contributed by atoms with E-state index in [0.717, 1.165) is 10.7 Å². The van der Waals surface area contributed by atoms with Crippen molar-refractivity contribution in [3.8, 4) is 0 Å². The molecule has 168 valence electrons. The molecule has 0 saturated carbocycles. The minimum absolute atomic E-state index is 0.0125. The number of aliphatic hydroxyl groups is 1. The Hall–Kier alpha value is -2.01. The van der Waals surface area contributed by atoms with Gasteiger partial charge >= 0.3 is 199 Å². The summed E-state index contributed by atoms with van der Waals surface area (Å²) in [7, 11) is -2.69. The predicted octanol–water partition coefficient (Wildman–Crippen LogP) is 3.33. The Bertz CT molecular complexity index is 919. The standard InChI is InChI=1S/C27H32O3SeSi/c1-27(2,3)32(25-15-9-5-10-16-25,26-17-11-6-12-18-26)30-21-22(29)19-24(20-28)31-23-13-7-4-8-14-23/h4-18,20,22,24,29H,19,21H2,1-3H3/t22-,24+/m0/s1. The average Bonchev–Trinajstić information content (AvgIpc) is 2.80. The quantitative estimate of drug-likeness (QED) is 0.336. The van der Waals surface area contributed by atoms with E-state index >= 15 is 0 Å². The molecule has 0 fully saturated rings. The first-order valence-electron chi connectivity index (χ1n) is 11.0. The number of hydrogen-bond donors (Lipinski definition) is 1. The first-order valence-corrected chi connectivity index (χ1v) is 14.7. The fourth-order valence-corrected chi connectivity index (χ4v) is 10.9. The van der Waals surface area contributed by atoms with Gasteiger partial charge in [0.25, 0.3) is 0 Å². The van der Waals surface area contributed by atoms with Crippen molar-refractivity contribution in [1.29, 1.82) is 0 Å². The topological polar surface area (TPSA) is 46.5 Å². The van der Waals surface area contributed by atoms with E-state index in [-0.39, 0.29) is 31.4 Å². The van der Waals surface area contributed by atoms with Crippen LogP contribution in [0.2, 0.25) is 9.85 Å². The van der Waals surface area contributed by atoms with E-state index in [1.165, 1.54) is 10.4 Å². The van der Waals surface area contributed by atoms with Crippen LogP contribution in [0.3, 0.4) is 0 Å². The van der Waals surface area contributed by atoms with Gasteiger partial charge in [0.2, 0.25) is 0 Å². The molecule has 0 spiro atoms. The number of aldehydes is 1. The molecule has 0 radical (unpaired) electrons. The normalized spacial score (nSPS) is 14.0. The summed E-state index contributed by atoms with van der Waals surface area (Å²) in [6, 6.07) is 30.9. The Balaban J connectivity index is 1.83. The van der Waals surface area contributed by atoms with E-state index in [4.69, 9.17) is 4.43 Å². The van der Waals surface area contributed by atoms with Crippen LogP contribution in [0.15, 0.2) is 91.0 Å². The van der Waals surface area contributed by atoms with Crippen LogP contribution >= 0.6 is 0 Å². The van der Waals surface area contributed by atoms with Gasteiger partial charge in [-0.15, -0.1) is 0 Å². The third-order valence-corrected chi connectivity index (χ3v) is 13.0. The van der Waals surface area contributed by atoms with E-state index in [9.17, 15) is 9.90 Å². The minimum atomic E-state index is -2.69. The third kappa shape index (κ3) is 5.86. The molecular formula is C27H32O3SeSi. The molecule has 2 atom stereocenters. The molecule has 3 aromatic rings. The molecular weight excluding hydrogens is 479 g/mol. The van der Waals surface area contributed by atoms with E-state index in [1.807, 2.05) is 42.5 Å². The van der Waals surface area contributed by atoms with Gasteiger partial charge < -0.3 is 0 Å².